The Balaban J connectivity index is 2.06. The van der Waals surface area contributed by atoms with Gasteiger partial charge in [0.05, 0.1) is 28.5 Å². The van der Waals surface area contributed by atoms with Crippen molar-refractivity contribution in [3.8, 4) is 0 Å². The Morgan fingerprint density at radius 3 is 2.63 bits per heavy atom. The third-order valence-corrected chi connectivity index (χ3v) is 5.60. The second-order valence-corrected chi connectivity index (χ2v) is 8.83. The highest BCUT2D eigenvalue weighted by Crippen LogP contribution is 2.31. The van der Waals surface area contributed by atoms with Gasteiger partial charge in [-0.2, -0.15) is 0 Å². The van der Waals surface area contributed by atoms with Gasteiger partial charge < -0.3 is 10.1 Å². The number of hydrogen-bond acceptors (Lipinski definition) is 6. The van der Waals surface area contributed by atoms with Gasteiger partial charge in [-0.15, -0.1) is 0 Å². The average molecular weight is 456 g/mol. The minimum absolute atomic E-state index is 0.000964. The monoisotopic (exact) mass is 455 g/mol. The van der Waals surface area contributed by atoms with E-state index in [1.807, 2.05) is 6.07 Å². The summed E-state index contributed by atoms with van der Waals surface area (Å²) in [7, 11) is -2.20. The molecule has 0 aliphatic carbocycles. The number of non-ortho nitro benzene ring substituents is 1. The average Bonchev–Trinajstić information content (AvgIpc) is 2.65. The summed E-state index contributed by atoms with van der Waals surface area (Å²) in [5.41, 5.74) is 1.23. The standard InChI is InChI=1S/C19H22ClN3O6S/c1-29-13-14-5-3-6-15(11-14)21-19(24)7-4-10-22(30(2,27)28)18-12-16(23(25)26)8-9-17(18)20/h3,5-6,8-9,11-12H,4,7,10,13H2,1-2H3,(H,21,24). The number of hydrogen-bond donors (Lipinski definition) is 1. The first-order valence-electron chi connectivity index (χ1n) is 8.91. The Morgan fingerprint density at radius 2 is 2.00 bits per heavy atom. The Kier molecular flexibility index (Phi) is 8.16. The number of nitro groups is 1. The SMILES string of the molecule is COCc1cccc(NC(=O)CCCN(c2cc([N+](=O)[O-])ccc2Cl)S(C)(=O)=O)c1. The van der Waals surface area contributed by atoms with Crippen molar-refractivity contribution in [2.75, 3.05) is 29.5 Å². The first-order chi connectivity index (χ1) is 14.1. The largest absolute Gasteiger partial charge is 0.380 e. The summed E-state index contributed by atoms with van der Waals surface area (Å²) in [4.78, 5) is 22.6. The van der Waals surface area contributed by atoms with Gasteiger partial charge in [0, 0.05) is 37.9 Å². The number of benzene rings is 2. The molecule has 1 N–H and O–H groups in total. The summed E-state index contributed by atoms with van der Waals surface area (Å²) >= 11 is 6.07. The lowest BCUT2D eigenvalue weighted by atomic mass is 10.2. The number of nitrogens with one attached hydrogen (secondary N) is 1. The van der Waals surface area contributed by atoms with Crippen molar-refractivity contribution in [2.24, 2.45) is 0 Å². The third kappa shape index (κ3) is 6.68. The molecule has 0 heterocycles. The highest BCUT2D eigenvalue weighted by Gasteiger charge is 2.22. The van der Waals surface area contributed by atoms with Crippen LogP contribution in [0.15, 0.2) is 42.5 Å². The van der Waals surface area contributed by atoms with Crippen molar-refractivity contribution in [3.63, 3.8) is 0 Å². The number of carbonyl (C=O) groups is 1. The molecule has 2 aromatic carbocycles. The molecule has 2 rings (SSSR count). The number of ether oxygens (including phenoxy) is 1. The molecule has 11 heteroatoms. The predicted molar refractivity (Wildman–Crippen MR) is 115 cm³/mol. The van der Waals surface area contributed by atoms with Crippen LogP contribution in [0.25, 0.3) is 0 Å². The molecule has 0 aliphatic rings. The zero-order valence-corrected chi connectivity index (χ0v) is 18.1. The number of rotatable bonds is 10. The van der Waals surface area contributed by atoms with Gasteiger partial charge in [-0.3, -0.25) is 19.2 Å². The van der Waals surface area contributed by atoms with E-state index in [4.69, 9.17) is 16.3 Å². The van der Waals surface area contributed by atoms with E-state index >= 15 is 0 Å². The van der Waals surface area contributed by atoms with Gasteiger partial charge in [-0.05, 0) is 30.2 Å². The van der Waals surface area contributed by atoms with Crippen molar-refractivity contribution in [1.82, 2.24) is 0 Å². The van der Waals surface area contributed by atoms with Crippen molar-refractivity contribution >= 4 is 44.6 Å². The molecule has 0 atom stereocenters. The number of amides is 1. The van der Waals surface area contributed by atoms with Crippen molar-refractivity contribution in [2.45, 2.75) is 19.4 Å². The number of nitrogens with zero attached hydrogens (tertiary/aromatic N) is 2. The van der Waals surface area contributed by atoms with E-state index in [0.717, 1.165) is 22.2 Å². The molecule has 0 saturated carbocycles. The normalized spacial score (nSPS) is 11.2. The quantitative estimate of drug-likeness (QED) is 0.432. The molecule has 0 spiro atoms. The molecule has 0 bridgehead atoms. The second-order valence-electron chi connectivity index (χ2n) is 6.51. The summed E-state index contributed by atoms with van der Waals surface area (Å²) in [6, 6.07) is 10.7. The minimum atomic E-state index is -3.77. The van der Waals surface area contributed by atoms with Gasteiger partial charge in [-0.25, -0.2) is 8.42 Å². The zero-order valence-electron chi connectivity index (χ0n) is 16.5. The topological polar surface area (TPSA) is 119 Å². The van der Waals surface area contributed by atoms with Gasteiger partial charge in [-0.1, -0.05) is 23.7 Å². The maximum atomic E-state index is 12.2. The predicted octanol–water partition coefficient (Wildman–Crippen LogP) is 3.58. The Labute approximate surface area is 179 Å². The third-order valence-electron chi connectivity index (χ3n) is 4.10. The highest BCUT2D eigenvalue weighted by molar-refractivity contribution is 7.92. The summed E-state index contributed by atoms with van der Waals surface area (Å²) < 4.78 is 30.5. The van der Waals surface area contributed by atoms with Gasteiger partial charge in [0.15, 0.2) is 0 Å². The lowest BCUT2D eigenvalue weighted by Gasteiger charge is -2.23. The van der Waals surface area contributed by atoms with Crippen molar-refractivity contribution < 1.29 is 22.9 Å². The van der Waals surface area contributed by atoms with E-state index in [2.05, 4.69) is 5.32 Å². The van der Waals surface area contributed by atoms with E-state index in [0.29, 0.717) is 12.3 Å². The lowest BCUT2D eigenvalue weighted by Crippen LogP contribution is -2.31. The van der Waals surface area contributed by atoms with Crippen LogP contribution >= 0.6 is 11.6 Å². The molecule has 9 nitrogen and oxygen atoms in total. The Hall–Kier alpha value is -2.69. The first kappa shape index (κ1) is 23.6. The fraction of sp³-hybridized carbons (Fsp3) is 0.316. The number of carbonyl (C=O) groups excluding carboxylic acids is 1. The van der Waals surface area contributed by atoms with Crippen LogP contribution < -0.4 is 9.62 Å². The van der Waals surface area contributed by atoms with Crippen LogP contribution in [0.1, 0.15) is 18.4 Å². The fourth-order valence-corrected chi connectivity index (χ4v) is 4.02. The Morgan fingerprint density at radius 1 is 1.27 bits per heavy atom. The Bertz CT molecular complexity index is 1030. The number of halogens is 1. The summed E-state index contributed by atoms with van der Waals surface area (Å²) in [6.45, 7) is 0.355. The molecular weight excluding hydrogens is 434 g/mol. The van der Waals surface area contributed by atoms with Crippen LogP contribution in [0.2, 0.25) is 5.02 Å². The fourth-order valence-electron chi connectivity index (χ4n) is 2.78. The molecule has 0 unspecified atom stereocenters. The molecule has 0 aliphatic heterocycles. The van der Waals surface area contributed by atoms with Crippen LogP contribution in [0, 0.1) is 10.1 Å². The lowest BCUT2D eigenvalue weighted by molar-refractivity contribution is -0.384. The molecule has 0 fully saturated rings. The number of sulfonamides is 1. The smallest absolute Gasteiger partial charge is 0.271 e. The zero-order chi connectivity index (χ0) is 22.3. The number of nitro benzene ring substituents is 1. The molecule has 162 valence electrons. The molecule has 1 amide bonds. The van der Waals surface area contributed by atoms with Crippen LogP contribution in [-0.4, -0.2) is 39.2 Å². The molecule has 30 heavy (non-hydrogen) atoms. The summed E-state index contributed by atoms with van der Waals surface area (Å²) in [5, 5.41) is 13.8. The van der Waals surface area contributed by atoms with Crippen LogP contribution in [0.5, 0.6) is 0 Å². The minimum Gasteiger partial charge on any atom is -0.380 e. The van der Waals surface area contributed by atoms with E-state index in [9.17, 15) is 23.3 Å². The molecule has 0 aromatic heterocycles. The maximum absolute atomic E-state index is 12.2. The summed E-state index contributed by atoms with van der Waals surface area (Å²) in [6.07, 6.45) is 1.21. The molecule has 0 saturated heterocycles. The van der Waals surface area contributed by atoms with E-state index in [1.54, 1.807) is 25.3 Å². The van der Waals surface area contributed by atoms with E-state index in [1.165, 1.54) is 12.1 Å². The van der Waals surface area contributed by atoms with Crippen molar-refractivity contribution in [1.29, 1.82) is 0 Å². The van der Waals surface area contributed by atoms with Crippen LogP contribution in [-0.2, 0) is 26.2 Å². The van der Waals surface area contributed by atoms with E-state index in [-0.39, 0.29) is 41.7 Å². The molecule has 0 radical (unpaired) electrons. The van der Waals surface area contributed by atoms with Crippen LogP contribution in [0.4, 0.5) is 17.1 Å². The van der Waals surface area contributed by atoms with Crippen molar-refractivity contribution in [3.05, 3.63) is 63.2 Å². The molecule has 2 aromatic rings. The highest BCUT2D eigenvalue weighted by atomic mass is 35.5. The summed E-state index contributed by atoms with van der Waals surface area (Å²) in [5.74, 6) is -0.289. The van der Waals surface area contributed by atoms with Gasteiger partial charge in [0.25, 0.3) is 5.69 Å². The van der Waals surface area contributed by atoms with Gasteiger partial charge >= 0.3 is 0 Å². The second kappa shape index (κ2) is 10.4. The van der Waals surface area contributed by atoms with Gasteiger partial charge in [0.2, 0.25) is 15.9 Å². The molecular formula is C19H22ClN3O6S. The number of methoxy groups -OCH3 is 1. The van der Waals surface area contributed by atoms with E-state index < -0.39 is 14.9 Å². The first-order valence-corrected chi connectivity index (χ1v) is 11.1. The number of anilines is 2. The maximum Gasteiger partial charge on any atom is 0.271 e. The van der Waals surface area contributed by atoms with Crippen LogP contribution in [0.3, 0.4) is 0 Å². The van der Waals surface area contributed by atoms with Gasteiger partial charge in [0.1, 0.15) is 0 Å².